The number of aryl methyl sites for hydroxylation is 3. The van der Waals surface area contributed by atoms with Gasteiger partial charge in [-0.15, -0.1) is 0 Å². The van der Waals surface area contributed by atoms with E-state index in [2.05, 4.69) is 102 Å². The highest BCUT2D eigenvalue weighted by molar-refractivity contribution is 7.93. The smallest absolute Gasteiger partial charge is 0.263 e. The first-order valence-corrected chi connectivity index (χ1v) is 35.4. The molecule has 0 saturated heterocycles. The second-order valence-electron chi connectivity index (χ2n) is 26.5. The maximum atomic E-state index is 13.2. The molecule has 0 unspecified atom stereocenters. The number of hydrogen-bond donors (Lipinski definition) is 3. The number of fused-ring (bicyclic) bond motifs is 3. The van der Waals surface area contributed by atoms with Crippen molar-refractivity contribution in [3.05, 3.63) is 234 Å². The highest BCUT2D eigenvalue weighted by Crippen LogP contribution is 2.34. The van der Waals surface area contributed by atoms with Gasteiger partial charge in [-0.25, -0.2) is 39.3 Å². The number of pyridine rings is 3. The Labute approximate surface area is 551 Å². The van der Waals surface area contributed by atoms with Crippen LogP contribution in [0.3, 0.4) is 0 Å². The van der Waals surface area contributed by atoms with Crippen LogP contribution in [-0.2, 0) is 52.7 Å². The van der Waals surface area contributed by atoms with Crippen LogP contribution >= 0.6 is 0 Å². The van der Waals surface area contributed by atoms with Gasteiger partial charge in [-0.05, 0) is 168 Å². The summed E-state index contributed by atoms with van der Waals surface area (Å²) in [5.41, 5.74) is 11.1. The van der Waals surface area contributed by atoms with E-state index < -0.39 is 30.1 Å². The average molecular weight is 1320 g/mol. The summed E-state index contributed by atoms with van der Waals surface area (Å²) in [6.45, 7) is 28.7. The summed E-state index contributed by atoms with van der Waals surface area (Å²) in [6.07, 6.45) is 5.89. The third-order valence-electron chi connectivity index (χ3n) is 16.0. The fourth-order valence-corrected chi connectivity index (χ4v) is 13.7. The van der Waals surface area contributed by atoms with Crippen LogP contribution < -0.4 is 14.2 Å². The average Bonchev–Trinajstić information content (AvgIpc) is 1.54. The van der Waals surface area contributed by atoms with Crippen LogP contribution in [0.5, 0.6) is 0 Å². The summed E-state index contributed by atoms with van der Waals surface area (Å²) in [4.78, 5) is 13.9. The van der Waals surface area contributed by atoms with Crippen molar-refractivity contribution in [3.63, 3.8) is 0 Å². The molecule has 6 aromatic carbocycles. The monoisotopic (exact) mass is 1320 g/mol. The topological polar surface area (TPSA) is 231 Å². The Bertz CT molecular complexity index is 4980. The number of rotatable bonds is 14. The van der Waals surface area contributed by atoms with Crippen molar-refractivity contribution in [3.8, 4) is 17.1 Å². The molecule has 0 aliphatic carbocycles. The van der Waals surface area contributed by atoms with Crippen molar-refractivity contribution in [2.45, 2.75) is 140 Å². The third kappa shape index (κ3) is 14.9. The quantitative estimate of drug-likeness (QED) is 0.0923. The molecule has 21 heteroatoms. The Morgan fingerprint density at radius 2 is 0.798 bits per heavy atom. The molecule has 0 aliphatic rings. The predicted octanol–water partition coefficient (Wildman–Crippen LogP) is 15.9. The van der Waals surface area contributed by atoms with Crippen LogP contribution in [0.1, 0.15) is 128 Å². The van der Waals surface area contributed by atoms with Crippen LogP contribution in [0.2, 0.25) is 0 Å². The Kier molecular flexibility index (Phi) is 18.9. The molecule has 0 spiro atoms. The lowest BCUT2D eigenvalue weighted by atomic mass is 9.87. The standard InChI is InChI=1S/C25H28N4O2S.2C24H26N4O2S/c1-17(2)22-16-24(28-32(30,31)19-13-11-18(12-14-19)25(3,4)5)29(27-22)23-10-6-9-21-20(23)8-7-15-26-21;1-16-8-13-21-20(7-6-14-25-21)23(16)28-22(15-17(2)26-28)27-31(29,30)19-11-9-18(10-12-19)24(3,4)5;1-5-18-16-23(27-31(29,30)19-13-11-17(12-14-19)24(2,3)4)28(26-18)22-10-6-9-21-20(22)8-7-15-25-21/h6-17,28H,1-5H3;6-15,27H,1-5H3;6-16,27H,5H2,1-4H3. The van der Waals surface area contributed by atoms with Crippen LogP contribution in [0, 0.1) is 13.8 Å². The molecule has 0 atom stereocenters. The molecule has 486 valence electrons. The summed E-state index contributed by atoms with van der Waals surface area (Å²) in [5, 5.41) is 16.6. The highest BCUT2D eigenvalue weighted by Gasteiger charge is 2.26. The molecule has 3 N–H and O–H groups in total. The van der Waals surface area contributed by atoms with Gasteiger partial charge in [0.25, 0.3) is 30.1 Å². The second-order valence-corrected chi connectivity index (χ2v) is 31.6. The van der Waals surface area contributed by atoms with Crippen molar-refractivity contribution in [1.82, 2.24) is 44.3 Å². The first kappa shape index (κ1) is 67.3. The number of anilines is 3. The van der Waals surface area contributed by atoms with Gasteiger partial charge in [0.1, 0.15) is 17.5 Å². The molecule has 0 radical (unpaired) electrons. The summed E-state index contributed by atoms with van der Waals surface area (Å²) in [5.74, 6) is 1.31. The van der Waals surface area contributed by atoms with Crippen LogP contribution in [0.4, 0.5) is 17.5 Å². The number of nitrogens with zero attached hydrogens (tertiary/aromatic N) is 9. The Hall–Kier alpha value is -9.57. The Balaban J connectivity index is 0.000000154. The molecule has 0 fully saturated rings. The van der Waals surface area contributed by atoms with E-state index in [1.165, 1.54) is 0 Å². The number of sulfonamides is 3. The first-order chi connectivity index (χ1) is 44.3. The van der Waals surface area contributed by atoms with Crippen LogP contribution in [0.25, 0.3) is 49.8 Å². The summed E-state index contributed by atoms with van der Waals surface area (Å²) in [7, 11) is -11.4. The van der Waals surface area contributed by atoms with E-state index in [0.717, 1.165) is 83.4 Å². The summed E-state index contributed by atoms with van der Waals surface area (Å²) in [6, 6.07) is 53.2. The summed E-state index contributed by atoms with van der Waals surface area (Å²) < 4.78 is 92.2. The zero-order valence-corrected chi connectivity index (χ0v) is 57.9. The molecule has 12 rings (SSSR count). The van der Waals surface area contributed by atoms with Gasteiger partial charge in [0.2, 0.25) is 0 Å². The minimum atomic E-state index is -3.80. The maximum absolute atomic E-state index is 13.2. The zero-order valence-electron chi connectivity index (χ0n) is 55.5. The molecule has 18 nitrogen and oxygen atoms in total. The molecule has 0 aliphatic heterocycles. The van der Waals surface area contributed by atoms with E-state index in [0.29, 0.717) is 29.6 Å². The number of aromatic nitrogens is 9. The molecular formula is C73H80N12O6S3. The minimum Gasteiger partial charge on any atom is -0.263 e. The van der Waals surface area contributed by atoms with Gasteiger partial charge in [-0.3, -0.25) is 29.1 Å². The number of nitrogens with one attached hydrogen (secondary N) is 3. The lowest BCUT2D eigenvalue weighted by molar-refractivity contribution is 0.587. The molecule has 0 amide bonds. The van der Waals surface area contributed by atoms with Gasteiger partial charge >= 0.3 is 0 Å². The Morgan fingerprint density at radius 1 is 0.415 bits per heavy atom. The van der Waals surface area contributed by atoms with E-state index in [9.17, 15) is 25.3 Å². The number of benzene rings is 6. The molecule has 0 saturated carbocycles. The molecule has 6 heterocycles. The van der Waals surface area contributed by atoms with Crippen molar-refractivity contribution in [1.29, 1.82) is 0 Å². The zero-order chi connectivity index (χ0) is 67.7. The molecule has 6 aromatic heterocycles. The minimum absolute atomic E-state index is 0.0488. The molecular weight excluding hydrogens is 1240 g/mol. The van der Waals surface area contributed by atoms with E-state index in [-0.39, 0.29) is 36.8 Å². The van der Waals surface area contributed by atoms with Gasteiger partial charge in [0, 0.05) is 52.9 Å². The highest BCUT2D eigenvalue weighted by atomic mass is 32.2. The van der Waals surface area contributed by atoms with Crippen molar-refractivity contribution < 1.29 is 25.3 Å². The normalized spacial score (nSPS) is 12.3. The fraction of sp³-hybridized carbons (Fsp3) is 0.260. The third-order valence-corrected chi connectivity index (χ3v) is 20.1. The largest absolute Gasteiger partial charge is 0.263 e. The van der Waals surface area contributed by atoms with Gasteiger partial charge in [0.05, 0.1) is 65.4 Å². The van der Waals surface area contributed by atoms with E-state index >= 15 is 0 Å². The van der Waals surface area contributed by atoms with Gasteiger partial charge in [-0.1, -0.05) is 138 Å². The predicted molar refractivity (Wildman–Crippen MR) is 377 cm³/mol. The molecule has 0 bridgehead atoms. The number of hydrogen-bond acceptors (Lipinski definition) is 12. The SMILES string of the molecule is CC(C)c1cc(NS(=O)(=O)c2ccc(C(C)(C)C)cc2)n(-c2cccc3ncccc23)n1.CCc1cc(NS(=O)(=O)c2ccc(C(C)(C)C)cc2)n(-c2cccc3ncccc23)n1.Cc1cc(NS(=O)(=O)c2ccc(C(C)(C)C)cc2)n(-c2c(C)ccc3ncccc23)n1. The van der Waals surface area contributed by atoms with E-state index in [4.69, 9.17) is 5.10 Å². The molecule has 12 aromatic rings. The van der Waals surface area contributed by atoms with Crippen molar-refractivity contribution >= 4 is 80.2 Å². The first-order valence-electron chi connectivity index (χ1n) is 31.0. The van der Waals surface area contributed by atoms with Crippen LogP contribution in [-0.4, -0.2) is 69.5 Å². The summed E-state index contributed by atoms with van der Waals surface area (Å²) >= 11 is 0. The van der Waals surface area contributed by atoms with Gasteiger partial charge in [-0.2, -0.15) is 15.3 Å². The van der Waals surface area contributed by atoms with Gasteiger partial charge < -0.3 is 0 Å². The lowest BCUT2D eigenvalue weighted by Crippen LogP contribution is -2.17. The fourth-order valence-electron chi connectivity index (χ4n) is 10.6. The maximum Gasteiger partial charge on any atom is 0.263 e. The van der Waals surface area contributed by atoms with Crippen molar-refractivity contribution in [2.24, 2.45) is 0 Å². The van der Waals surface area contributed by atoms with E-state index in [1.54, 1.807) is 87.2 Å². The second kappa shape index (κ2) is 26.4. The van der Waals surface area contributed by atoms with Gasteiger partial charge in [0.15, 0.2) is 0 Å². The molecule has 94 heavy (non-hydrogen) atoms. The lowest BCUT2D eigenvalue weighted by Gasteiger charge is -2.19. The van der Waals surface area contributed by atoms with E-state index in [1.807, 2.05) is 156 Å². The Morgan fingerprint density at radius 3 is 1.20 bits per heavy atom. The van der Waals surface area contributed by atoms with Crippen molar-refractivity contribution in [2.75, 3.05) is 14.2 Å². The van der Waals surface area contributed by atoms with Crippen LogP contribution in [0.15, 0.2) is 209 Å².